The number of amides is 3. The Morgan fingerprint density at radius 1 is 1.18 bits per heavy atom. The third-order valence-corrected chi connectivity index (χ3v) is 7.89. The number of imide groups is 1. The average molecular weight is 492 g/mol. The summed E-state index contributed by atoms with van der Waals surface area (Å²) in [7, 11) is 0. The lowest BCUT2D eigenvalue weighted by atomic mass is 9.75. The van der Waals surface area contributed by atoms with Crippen LogP contribution in [-0.4, -0.2) is 45.1 Å². The van der Waals surface area contributed by atoms with Gasteiger partial charge in [0.05, 0.1) is 17.0 Å². The maximum Gasteiger partial charge on any atom is 0.416 e. The number of likely N-dealkylation sites (tertiary alicyclic amines) is 2. The molecule has 3 fully saturated rings. The highest BCUT2D eigenvalue weighted by molar-refractivity contribution is 7.09. The smallest absolute Gasteiger partial charge is 0.333 e. The van der Waals surface area contributed by atoms with Gasteiger partial charge in [-0.3, -0.25) is 19.3 Å². The molecule has 34 heavy (non-hydrogen) atoms. The van der Waals surface area contributed by atoms with Gasteiger partial charge in [0.2, 0.25) is 17.7 Å². The molecule has 2 saturated heterocycles. The minimum absolute atomic E-state index is 0.0694. The number of aromatic nitrogens is 1. The Bertz CT molecular complexity index is 1120. The van der Waals surface area contributed by atoms with E-state index in [0.29, 0.717) is 19.4 Å². The van der Waals surface area contributed by atoms with Crippen LogP contribution in [0.2, 0.25) is 0 Å². The van der Waals surface area contributed by atoms with Gasteiger partial charge in [0.1, 0.15) is 5.01 Å². The van der Waals surface area contributed by atoms with Crippen LogP contribution in [0.15, 0.2) is 35.8 Å². The summed E-state index contributed by atoms with van der Waals surface area (Å²) in [6, 6.07) is 4.07. The zero-order valence-corrected chi connectivity index (χ0v) is 19.2. The first-order chi connectivity index (χ1) is 16.2. The van der Waals surface area contributed by atoms with E-state index in [-0.39, 0.29) is 36.4 Å². The minimum atomic E-state index is -4.61. The third-order valence-electron chi connectivity index (χ3n) is 7.02. The van der Waals surface area contributed by atoms with Gasteiger partial charge in [-0.2, -0.15) is 13.2 Å². The number of thiazole rings is 1. The minimum Gasteiger partial charge on any atom is -0.333 e. The summed E-state index contributed by atoms with van der Waals surface area (Å²) in [6.45, 7) is 0.482. The van der Waals surface area contributed by atoms with Crippen molar-refractivity contribution in [2.24, 2.45) is 0 Å². The normalized spacial score (nSPS) is 25.8. The first-order valence-corrected chi connectivity index (χ1v) is 12.3. The van der Waals surface area contributed by atoms with E-state index < -0.39 is 29.0 Å². The molecular weight excluding hydrogens is 467 g/mol. The quantitative estimate of drug-likeness (QED) is 0.579. The molecule has 0 spiro atoms. The Kier molecular flexibility index (Phi) is 5.74. The molecule has 180 valence electrons. The number of carbonyl (C=O) groups is 3. The molecule has 5 rings (SSSR count). The monoisotopic (exact) mass is 491 g/mol. The molecule has 3 heterocycles. The fourth-order valence-corrected chi connectivity index (χ4v) is 5.95. The van der Waals surface area contributed by atoms with Crippen LogP contribution in [0.5, 0.6) is 0 Å². The molecular formula is C24H24F3N3O3S. The molecule has 1 aliphatic carbocycles. The summed E-state index contributed by atoms with van der Waals surface area (Å²) in [5.74, 6) is -1.32. The number of nitrogens with zero attached hydrogens (tertiary/aromatic N) is 3. The first kappa shape index (κ1) is 23.0. The van der Waals surface area contributed by atoms with Crippen LogP contribution < -0.4 is 0 Å². The predicted octanol–water partition coefficient (Wildman–Crippen LogP) is 4.46. The Morgan fingerprint density at radius 2 is 1.97 bits per heavy atom. The molecule has 0 unspecified atom stereocenters. The van der Waals surface area contributed by atoms with Crippen LogP contribution >= 0.6 is 11.3 Å². The van der Waals surface area contributed by atoms with Gasteiger partial charge in [0, 0.05) is 37.0 Å². The molecule has 3 amide bonds. The molecule has 0 N–H and O–H groups in total. The van der Waals surface area contributed by atoms with Crippen LogP contribution in [-0.2, 0) is 26.0 Å². The summed E-state index contributed by atoms with van der Waals surface area (Å²) in [4.78, 5) is 47.4. The van der Waals surface area contributed by atoms with E-state index in [1.54, 1.807) is 11.1 Å². The number of hydrogen-bond acceptors (Lipinski definition) is 5. The van der Waals surface area contributed by atoms with E-state index in [9.17, 15) is 27.6 Å². The van der Waals surface area contributed by atoms with Crippen molar-refractivity contribution in [2.75, 3.05) is 6.54 Å². The second-order valence-corrected chi connectivity index (χ2v) is 10.2. The van der Waals surface area contributed by atoms with Crippen LogP contribution in [0, 0.1) is 0 Å². The van der Waals surface area contributed by atoms with E-state index in [4.69, 9.17) is 0 Å². The van der Waals surface area contributed by atoms with Crippen molar-refractivity contribution in [3.63, 3.8) is 0 Å². The van der Waals surface area contributed by atoms with Gasteiger partial charge in [-0.25, -0.2) is 4.98 Å². The number of rotatable bonds is 5. The maximum absolute atomic E-state index is 13.7. The molecule has 1 aromatic heterocycles. The van der Waals surface area contributed by atoms with Gasteiger partial charge in [-0.1, -0.05) is 18.2 Å². The van der Waals surface area contributed by atoms with Crippen molar-refractivity contribution in [3.8, 4) is 0 Å². The second-order valence-electron chi connectivity index (χ2n) is 9.28. The second kappa shape index (κ2) is 8.48. The number of carbonyl (C=O) groups excluding carboxylic acids is 3. The molecule has 6 nitrogen and oxygen atoms in total. The topological polar surface area (TPSA) is 70.6 Å². The fraction of sp³-hybridized carbons (Fsp3) is 0.500. The van der Waals surface area contributed by atoms with E-state index in [1.807, 2.05) is 5.38 Å². The van der Waals surface area contributed by atoms with Crippen molar-refractivity contribution in [3.05, 3.63) is 52.0 Å². The Balaban J connectivity index is 1.53. The average Bonchev–Trinajstić information content (AvgIpc) is 3.41. The van der Waals surface area contributed by atoms with E-state index in [0.717, 1.165) is 36.4 Å². The molecule has 1 aromatic carbocycles. The largest absolute Gasteiger partial charge is 0.416 e. The lowest BCUT2D eigenvalue weighted by molar-refractivity contribution is -0.144. The Hall–Kier alpha value is -2.75. The van der Waals surface area contributed by atoms with Gasteiger partial charge in [0.25, 0.3) is 0 Å². The van der Waals surface area contributed by atoms with Gasteiger partial charge in [-0.05, 0) is 43.7 Å². The number of benzene rings is 1. The van der Waals surface area contributed by atoms with Crippen molar-refractivity contribution in [1.29, 1.82) is 0 Å². The lowest BCUT2D eigenvalue weighted by Crippen LogP contribution is -2.46. The molecule has 3 aliphatic rings. The number of halogens is 3. The lowest BCUT2D eigenvalue weighted by Gasteiger charge is -2.37. The molecule has 2 aromatic rings. The van der Waals surface area contributed by atoms with Crippen molar-refractivity contribution in [2.45, 2.75) is 68.6 Å². The van der Waals surface area contributed by atoms with Gasteiger partial charge in [0.15, 0.2) is 0 Å². The zero-order valence-electron chi connectivity index (χ0n) is 18.4. The van der Waals surface area contributed by atoms with Crippen LogP contribution in [0.4, 0.5) is 13.2 Å². The summed E-state index contributed by atoms with van der Waals surface area (Å²) in [5.41, 5.74) is -2.47. The van der Waals surface area contributed by atoms with Gasteiger partial charge >= 0.3 is 6.18 Å². The molecule has 10 heteroatoms. The molecule has 1 saturated carbocycles. The highest BCUT2D eigenvalue weighted by Gasteiger charge is 2.57. The molecule has 2 aliphatic heterocycles. The van der Waals surface area contributed by atoms with E-state index in [1.165, 1.54) is 28.4 Å². The van der Waals surface area contributed by atoms with E-state index >= 15 is 0 Å². The first-order valence-electron chi connectivity index (χ1n) is 11.4. The Labute approximate surface area is 198 Å². The SMILES string of the molecule is O=C1C[C@@](CC(=O)N2CCCC[C@H]2c2nccs2)(c2cccc(C(F)(F)F)c2)C(=O)N1C1CC1. The summed E-state index contributed by atoms with van der Waals surface area (Å²) >= 11 is 1.45. The number of hydrogen-bond donors (Lipinski definition) is 0. The summed E-state index contributed by atoms with van der Waals surface area (Å²) in [6.07, 6.45) is 0.252. The highest BCUT2D eigenvalue weighted by Crippen LogP contribution is 2.46. The number of piperidine rings is 1. The van der Waals surface area contributed by atoms with E-state index in [2.05, 4.69) is 4.98 Å². The molecule has 2 atom stereocenters. The molecule has 0 bridgehead atoms. The molecule has 0 radical (unpaired) electrons. The number of alkyl halides is 3. The van der Waals surface area contributed by atoms with Crippen molar-refractivity contribution < 1.29 is 27.6 Å². The highest BCUT2D eigenvalue weighted by atomic mass is 32.1. The summed E-state index contributed by atoms with van der Waals surface area (Å²) in [5, 5.41) is 2.64. The Morgan fingerprint density at radius 3 is 2.65 bits per heavy atom. The van der Waals surface area contributed by atoms with Crippen LogP contribution in [0.25, 0.3) is 0 Å². The van der Waals surface area contributed by atoms with Crippen LogP contribution in [0.1, 0.15) is 67.1 Å². The van der Waals surface area contributed by atoms with Crippen LogP contribution in [0.3, 0.4) is 0 Å². The zero-order chi connectivity index (χ0) is 24.1. The maximum atomic E-state index is 13.7. The standard InChI is InChI=1S/C24H24F3N3O3S/c25-24(26,27)16-5-3-4-15(12-16)23(14-20(32)30(22(23)33)17-7-8-17)13-19(31)29-10-2-1-6-18(29)21-28-9-11-34-21/h3-5,9,11-12,17-18H,1-2,6-8,10,13-14H2/t18-,23-/m0/s1. The van der Waals surface area contributed by atoms with Crippen molar-refractivity contribution >= 4 is 29.1 Å². The summed E-state index contributed by atoms with van der Waals surface area (Å²) < 4.78 is 40.5. The van der Waals surface area contributed by atoms with Gasteiger partial charge < -0.3 is 4.90 Å². The fourth-order valence-electron chi connectivity index (χ4n) is 5.17. The van der Waals surface area contributed by atoms with Crippen molar-refractivity contribution in [1.82, 2.24) is 14.8 Å². The predicted molar refractivity (Wildman–Crippen MR) is 118 cm³/mol. The third kappa shape index (κ3) is 4.01. The van der Waals surface area contributed by atoms with Gasteiger partial charge in [-0.15, -0.1) is 11.3 Å².